The molecule has 2 heterocycles. The second-order valence-corrected chi connectivity index (χ2v) is 8.41. The monoisotopic (exact) mass is 468 g/mol. The Morgan fingerprint density at radius 2 is 1.93 bits per heavy atom. The van der Waals surface area contributed by atoms with Gasteiger partial charge in [-0.25, -0.2) is 0 Å². The molecule has 6 nitrogen and oxygen atoms in total. The van der Waals surface area contributed by atoms with Crippen molar-refractivity contribution in [2.45, 2.75) is 6.04 Å². The summed E-state index contributed by atoms with van der Waals surface area (Å²) in [5.41, 5.74) is 1.35. The minimum Gasteiger partial charge on any atom is -0.503 e. The highest BCUT2D eigenvalue weighted by atomic mass is 79.9. The number of amides is 1. The van der Waals surface area contributed by atoms with Gasteiger partial charge >= 0.3 is 0 Å². The van der Waals surface area contributed by atoms with Gasteiger partial charge in [0.05, 0.1) is 11.6 Å². The number of likely N-dealkylation sites (N-methyl/N-ethyl adjacent to an activating group) is 1. The van der Waals surface area contributed by atoms with Gasteiger partial charge in [0, 0.05) is 22.9 Å². The summed E-state index contributed by atoms with van der Waals surface area (Å²) in [4.78, 5) is 29.8. The molecule has 0 bridgehead atoms. The number of fused-ring (bicyclic) bond motifs is 1. The molecule has 4 rings (SSSR count). The van der Waals surface area contributed by atoms with E-state index in [9.17, 15) is 14.7 Å². The van der Waals surface area contributed by atoms with Gasteiger partial charge < -0.3 is 19.3 Å². The molecule has 0 spiro atoms. The molecule has 30 heavy (non-hydrogen) atoms. The molecule has 0 saturated heterocycles. The summed E-state index contributed by atoms with van der Waals surface area (Å²) in [7, 11) is 3.81. The molecule has 1 aromatic heterocycles. The first kappa shape index (κ1) is 20.4. The molecule has 2 aromatic carbocycles. The average Bonchev–Trinajstić information content (AvgIpc) is 3.26. The number of aliphatic hydroxyl groups excluding tert-OH is 1. The maximum atomic E-state index is 13.4. The number of furan rings is 1. The van der Waals surface area contributed by atoms with E-state index in [-0.39, 0.29) is 11.3 Å². The van der Waals surface area contributed by atoms with E-state index in [4.69, 9.17) is 4.42 Å². The highest BCUT2D eigenvalue weighted by Gasteiger charge is 2.44. The van der Waals surface area contributed by atoms with Crippen LogP contribution in [0.25, 0.3) is 11.0 Å². The number of hydrogen-bond donors (Lipinski definition) is 1. The first-order valence-electron chi connectivity index (χ1n) is 9.54. The molecule has 1 aliphatic rings. The zero-order valence-corrected chi connectivity index (χ0v) is 18.2. The first-order chi connectivity index (χ1) is 14.4. The van der Waals surface area contributed by atoms with E-state index in [1.807, 2.05) is 61.5 Å². The fraction of sp³-hybridized carbons (Fsp3) is 0.217. The predicted molar refractivity (Wildman–Crippen MR) is 117 cm³/mol. The highest BCUT2D eigenvalue weighted by Crippen LogP contribution is 2.40. The minimum atomic E-state index is -0.698. The lowest BCUT2D eigenvalue weighted by Gasteiger charge is -2.28. The van der Waals surface area contributed by atoms with Gasteiger partial charge in [-0.3, -0.25) is 9.59 Å². The lowest BCUT2D eigenvalue weighted by atomic mass is 9.95. The van der Waals surface area contributed by atoms with Gasteiger partial charge in [-0.15, -0.1) is 0 Å². The zero-order chi connectivity index (χ0) is 21.4. The number of ketones is 1. The lowest BCUT2D eigenvalue weighted by Crippen LogP contribution is -2.36. The number of carbonyl (C=O) groups excluding carboxylic acids is 2. The standard InChI is InChI=1S/C23H21BrN2O4/c1-25(2)10-11-26-20(15-7-5-8-16(24)12-15)19(22(28)23(26)29)21(27)18-13-14-6-3-4-9-17(14)30-18/h3-9,12-13,20,28H,10-11H2,1-2H3/t20-/m1/s1. The number of benzene rings is 2. The second kappa shape index (κ2) is 8.08. The van der Waals surface area contributed by atoms with Crippen molar-refractivity contribution in [1.82, 2.24) is 9.80 Å². The fourth-order valence-electron chi connectivity index (χ4n) is 3.67. The van der Waals surface area contributed by atoms with E-state index in [0.29, 0.717) is 18.7 Å². The van der Waals surface area contributed by atoms with Crippen LogP contribution in [0.15, 0.2) is 74.8 Å². The van der Waals surface area contributed by atoms with Crippen molar-refractivity contribution in [3.8, 4) is 0 Å². The van der Waals surface area contributed by atoms with Crippen molar-refractivity contribution in [2.24, 2.45) is 0 Å². The molecule has 0 radical (unpaired) electrons. The smallest absolute Gasteiger partial charge is 0.290 e. The van der Waals surface area contributed by atoms with Crippen molar-refractivity contribution < 1.29 is 19.1 Å². The summed E-state index contributed by atoms with van der Waals surface area (Å²) < 4.78 is 6.55. The number of aliphatic hydroxyl groups is 1. The van der Waals surface area contributed by atoms with Crippen LogP contribution < -0.4 is 0 Å². The molecule has 0 saturated carbocycles. The van der Waals surface area contributed by atoms with Crippen LogP contribution in [0.2, 0.25) is 0 Å². The molecule has 154 valence electrons. The minimum absolute atomic E-state index is 0.0379. The molecule has 1 atom stereocenters. The predicted octanol–water partition coefficient (Wildman–Crippen LogP) is 4.34. The fourth-order valence-corrected chi connectivity index (χ4v) is 4.09. The molecule has 1 amide bonds. The first-order valence-corrected chi connectivity index (χ1v) is 10.3. The number of nitrogens with zero attached hydrogens (tertiary/aromatic N) is 2. The summed E-state index contributed by atoms with van der Waals surface area (Å²) in [6.07, 6.45) is 0. The van der Waals surface area contributed by atoms with E-state index >= 15 is 0 Å². The number of halogens is 1. The Morgan fingerprint density at radius 3 is 2.63 bits per heavy atom. The van der Waals surface area contributed by atoms with Gasteiger partial charge in [-0.2, -0.15) is 0 Å². The summed E-state index contributed by atoms with van der Waals surface area (Å²) >= 11 is 3.45. The largest absolute Gasteiger partial charge is 0.503 e. The number of hydrogen-bond acceptors (Lipinski definition) is 5. The van der Waals surface area contributed by atoms with Gasteiger partial charge in [-0.1, -0.05) is 46.3 Å². The van der Waals surface area contributed by atoms with Gasteiger partial charge in [0.2, 0.25) is 5.78 Å². The van der Waals surface area contributed by atoms with Crippen LogP contribution in [0.3, 0.4) is 0 Å². The molecular formula is C23H21BrN2O4. The summed E-state index contributed by atoms with van der Waals surface area (Å²) in [5, 5.41) is 11.5. The van der Waals surface area contributed by atoms with Crippen LogP contribution in [0.4, 0.5) is 0 Å². The average molecular weight is 469 g/mol. The lowest BCUT2D eigenvalue weighted by molar-refractivity contribution is -0.129. The van der Waals surface area contributed by atoms with Crippen molar-refractivity contribution in [3.05, 3.63) is 81.7 Å². The number of rotatable bonds is 6. The second-order valence-electron chi connectivity index (χ2n) is 7.50. The van der Waals surface area contributed by atoms with Crippen LogP contribution in [0, 0.1) is 0 Å². The van der Waals surface area contributed by atoms with Crippen LogP contribution in [0.1, 0.15) is 22.2 Å². The quantitative estimate of drug-likeness (QED) is 0.544. The molecule has 3 aromatic rings. The molecule has 0 unspecified atom stereocenters. The Hall–Kier alpha value is -2.90. The molecule has 0 aliphatic carbocycles. The van der Waals surface area contributed by atoms with E-state index in [1.54, 1.807) is 12.1 Å². The highest BCUT2D eigenvalue weighted by molar-refractivity contribution is 9.10. The van der Waals surface area contributed by atoms with Crippen molar-refractivity contribution in [2.75, 3.05) is 27.2 Å². The van der Waals surface area contributed by atoms with Crippen LogP contribution in [-0.4, -0.2) is 53.8 Å². The Kier molecular flexibility index (Phi) is 5.49. The molecule has 1 aliphatic heterocycles. The third-order valence-electron chi connectivity index (χ3n) is 5.15. The van der Waals surface area contributed by atoms with Gasteiger partial charge in [0.1, 0.15) is 5.58 Å². The summed E-state index contributed by atoms with van der Waals surface area (Å²) in [5.74, 6) is -1.47. The number of para-hydroxylation sites is 1. The van der Waals surface area contributed by atoms with Gasteiger partial charge in [0.15, 0.2) is 11.5 Å². The maximum Gasteiger partial charge on any atom is 0.290 e. The van der Waals surface area contributed by atoms with E-state index < -0.39 is 23.5 Å². The van der Waals surface area contributed by atoms with E-state index in [1.165, 1.54) is 4.90 Å². The van der Waals surface area contributed by atoms with Gasteiger partial charge in [0.25, 0.3) is 5.91 Å². The Bertz CT molecular complexity index is 1130. The van der Waals surface area contributed by atoms with Crippen molar-refractivity contribution in [3.63, 3.8) is 0 Å². The third kappa shape index (κ3) is 3.66. The zero-order valence-electron chi connectivity index (χ0n) is 16.6. The normalized spacial score (nSPS) is 16.9. The SMILES string of the molecule is CN(C)CCN1C(=O)C(O)=C(C(=O)c2cc3ccccc3o2)[C@H]1c1cccc(Br)c1. The molecule has 7 heteroatoms. The Labute approximate surface area is 182 Å². The number of Topliss-reactive ketones (excluding diaryl/α,β-unsaturated/α-hetero) is 1. The Balaban J connectivity index is 1.79. The third-order valence-corrected chi connectivity index (χ3v) is 5.64. The van der Waals surface area contributed by atoms with Gasteiger partial charge in [-0.05, 0) is 43.9 Å². The van der Waals surface area contributed by atoms with Crippen molar-refractivity contribution in [1.29, 1.82) is 0 Å². The van der Waals surface area contributed by atoms with E-state index in [2.05, 4.69) is 15.9 Å². The van der Waals surface area contributed by atoms with Crippen molar-refractivity contribution >= 4 is 38.6 Å². The maximum absolute atomic E-state index is 13.4. The topological polar surface area (TPSA) is 74.0 Å². The summed E-state index contributed by atoms with van der Waals surface area (Å²) in [6, 6.07) is 15.6. The van der Waals surface area contributed by atoms with Crippen LogP contribution >= 0.6 is 15.9 Å². The molecular weight excluding hydrogens is 448 g/mol. The number of carbonyl (C=O) groups is 2. The van der Waals surface area contributed by atoms with Crippen LogP contribution in [-0.2, 0) is 4.79 Å². The van der Waals surface area contributed by atoms with Crippen LogP contribution in [0.5, 0.6) is 0 Å². The molecule has 0 fully saturated rings. The summed E-state index contributed by atoms with van der Waals surface area (Å²) in [6.45, 7) is 0.958. The molecule has 1 N–H and O–H groups in total. The Morgan fingerprint density at radius 1 is 1.17 bits per heavy atom. The van der Waals surface area contributed by atoms with E-state index in [0.717, 1.165) is 15.4 Å².